The second kappa shape index (κ2) is 7.89. The minimum atomic E-state index is -4.69. The van der Waals surface area contributed by atoms with Crippen molar-refractivity contribution in [2.75, 3.05) is 36.8 Å². The van der Waals surface area contributed by atoms with Gasteiger partial charge < -0.3 is 10.6 Å². The number of rotatable bonds is 5. The largest absolute Gasteiger partial charge is 0.374 e. The van der Waals surface area contributed by atoms with Crippen LogP contribution in [0, 0.1) is 0 Å². The van der Waals surface area contributed by atoms with Crippen LogP contribution in [0.5, 0.6) is 0 Å². The van der Waals surface area contributed by atoms with Crippen LogP contribution in [-0.4, -0.2) is 61.7 Å². The standard InChI is InChI=1S/C15H21FN4O4S/c1-11(19-6-8-20(9-7-19)25(16,23)24)15(22)18-14-5-3-4-13(10-14)17-12(2)21/h3-5,10-11H,6-9H2,1-2H3,(H,17,21)(H,18,22). The number of anilines is 2. The third-order valence-electron chi connectivity index (χ3n) is 3.96. The fraction of sp³-hybridized carbons (Fsp3) is 0.467. The Hall–Kier alpha value is -2.04. The van der Waals surface area contributed by atoms with Crippen molar-refractivity contribution in [2.24, 2.45) is 0 Å². The Morgan fingerprint density at radius 3 is 2.20 bits per heavy atom. The molecule has 0 aliphatic carbocycles. The smallest absolute Gasteiger partial charge is 0.326 e. The molecule has 25 heavy (non-hydrogen) atoms. The molecule has 1 aliphatic rings. The molecule has 0 bridgehead atoms. The number of hydrogen-bond acceptors (Lipinski definition) is 5. The molecule has 8 nitrogen and oxygen atoms in total. The van der Waals surface area contributed by atoms with E-state index >= 15 is 0 Å². The van der Waals surface area contributed by atoms with Crippen LogP contribution in [0.4, 0.5) is 15.3 Å². The highest BCUT2D eigenvalue weighted by Crippen LogP contribution is 2.17. The third kappa shape index (κ3) is 5.48. The average molecular weight is 372 g/mol. The van der Waals surface area contributed by atoms with Gasteiger partial charge in [0.15, 0.2) is 0 Å². The van der Waals surface area contributed by atoms with E-state index in [-0.39, 0.29) is 38.0 Å². The Bertz CT molecular complexity index is 748. The molecule has 0 spiro atoms. The van der Waals surface area contributed by atoms with Gasteiger partial charge in [-0.05, 0) is 25.1 Å². The highest BCUT2D eigenvalue weighted by atomic mass is 32.3. The number of carbonyl (C=O) groups excluding carboxylic acids is 2. The first-order chi connectivity index (χ1) is 11.7. The van der Waals surface area contributed by atoms with E-state index in [2.05, 4.69) is 10.6 Å². The first kappa shape index (κ1) is 19.3. The summed E-state index contributed by atoms with van der Waals surface area (Å²) in [7, 11) is -4.69. The molecule has 1 saturated heterocycles. The van der Waals surface area contributed by atoms with Crippen LogP contribution in [0.3, 0.4) is 0 Å². The van der Waals surface area contributed by atoms with Crippen LogP contribution >= 0.6 is 0 Å². The van der Waals surface area contributed by atoms with Gasteiger partial charge >= 0.3 is 10.4 Å². The lowest BCUT2D eigenvalue weighted by molar-refractivity contribution is -0.121. The molecule has 0 saturated carbocycles. The van der Waals surface area contributed by atoms with Gasteiger partial charge in [-0.25, -0.2) is 0 Å². The Labute approximate surface area is 146 Å². The van der Waals surface area contributed by atoms with Crippen molar-refractivity contribution >= 4 is 33.6 Å². The molecule has 10 heteroatoms. The average Bonchev–Trinajstić information content (AvgIpc) is 2.53. The number of nitrogens with one attached hydrogen (secondary N) is 2. The summed E-state index contributed by atoms with van der Waals surface area (Å²) >= 11 is 0. The van der Waals surface area contributed by atoms with E-state index in [4.69, 9.17) is 0 Å². The number of halogens is 1. The van der Waals surface area contributed by atoms with E-state index < -0.39 is 16.5 Å². The zero-order valence-corrected chi connectivity index (χ0v) is 14.8. The van der Waals surface area contributed by atoms with Crippen molar-refractivity contribution < 1.29 is 21.9 Å². The second-order valence-corrected chi connectivity index (χ2v) is 7.14. The van der Waals surface area contributed by atoms with Crippen molar-refractivity contribution in [3.8, 4) is 0 Å². The summed E-state index contributed by atoms with van der Waals surface area (Å²) < 4.78 is 35.5. The van der Waals surface area contributed by atoms with E-state index in [1.165, 1.54) is 6.92 Å². The molecule has 1 heterocycles. The number of piperazine rings is 1. The molecule has 2 N–H and O–H groups in total. The van der Waals surface area contributed by atoms with Gasteiger partial charge in [0.25, 0.3) is 0 Å². The number of carbonyl (C=O) groups is 2. The van der Waals surface area contributed by atoms with Crippen molar-refractivity contribution in [3.63, 3.8) is 0 Å². The number of benzene rings is 1. The molecule has 1 aromatic carbocycles. The zero-order chi connectivity index (χ0) is 18.6. The topological polar surface area (TPSA) is 98.8 Å². The molecule has 1 unspecified atom stereocenters. The quantitative estimate of drug-likeness (QED) is 0.745. The van der Waals surface area contributed by atoms with Gasteiger partial charge in [-0.2, -0.15) is 12.7 Å². The summed E-state index contributed by atoms with van der Waals surface area (Å²) in [5, 5.41) is 5.39. The molecule has 2 amide bonds. The van der Waals surface area contributed by atoms with E-state index in [1.807, 2.05) is 0 Å². The molecule has 0 radical (unpaired) electrons. The molecule has 2 rings (SSSR count). The predicted octanol–water partition coefficient (Wildman–Crippen LogP) is 0.804. The number of hydrogen-bond donors (Lipinski definition) is 2. The highest BCUT2D eigenvalue weighted by molar-refractivity contribution is 7.83. The first-order valence-corrected chi connectivity index (χ1v) is 9.13. The molecule has 0 aromatic heterocycles. The second-order valence-electron chi connectivity index (χ2n) is 5.80. The zero-order valence-electron chi connectivity index (χ0n) is 14.0. The van der Waals surface area contributed by atoms with Crippen LogP contribution in [0.15, 0.2) is 24.3 Å². The van der Waals surface area contributed by atoms with Crippen molar-refractivity contribution in [1.82, 2.24) is 9.21 Å². The van der Waals surface area contributed by atoms with Gasteiger partial charge in [-0.1, -0.05) is 9.95 Å². The summed E-state index contributed by atoms with van der Waals surface area (Å²) in [6.07, 6.45) is 0. The van der Waals surface area contributed by atoms with Crippen molar-refractivity contribution in [2.45, 2.75) is 19.9 Å². The number of amides is 2. The Kier molecular flexibility index (Phi) is 6.09. The van der Waals surface area contributed by atoms with Gasteiger partial charge in [-0.15, -0.1) is 0 Å². The summed E-state index contributed by atoms with van der Waals surface area (Å²) in [5.74, 6) is -0.478. The molecule has 1 aliphatic heterocycles. The van der Waals surface area contributed by atoms with Gasteiger partial charge in [-0.3, -0.25) is 14.5 Å². The monoisotopic (exact) mass is 372 g/mol. The summed E-state index contributed by atoms with van der Waals surface area (Å²) in [4.78, 5) is 25.2. The minimum absolute atomic E-state index is 0.00840. The fourth-order valence-electron chi connectivity index (χ4n) is 2.60. The molecule has 1 atom stereocenters. The van der Waals surface area contributed by atoms with Crippen LogP contribution in [0.25, 0.3) is 0 Å². The van der Waals surface area contributed by atoms with Crippen LogP contribution in [-0.2, 0) is 20.0 Å². The fourth-order valence-corrected chi connectivity index (χ4v) is 3.20. The summed E-state index contributed by atoms with van der Waals surface area (Å²) in [6, 6.07) is 6.24. The normalized spacial score (nSPS) is 17.7. The highest BCUT2D eigenvalue weighted by Gasteiger charge is 2.30. The minimum Gasteiger partial charge on any atom is -0.326 e. The molecule has 1 aromatic rings. The van der Waals surface area contributed by atoms with Crippen molar-refractivity contribution in [3.05, 3.63) is 24.3 Å². The van der Waals surface area contributed by atoms with E-state index in [1.54, 1.807) is 36.1 Å². The third-order valence-corrected chi connectivity index (χ3v) is 4.94. The molecule has 138 valence electrons. The lowest BCUT2D eigenvalue weighted by Gasteiger charge is -2.35. The summed E-state index contributed by atoms with van der Waals surface area (Å²) in [6.45, 7) is 3.65. The van der Waals surface area contributed by atoms with Gasteiger partial charge in [0, 0.05) is 44.5 Å². The molecular weight excluding hydrogens is 351 g/mol. The van der Waals surface area contributed by atoms with Crippen molar-refractivity contribution in [1.29, 1.82) is 0 Å². The maximum Gasteiger partial charge on any atom is 0.374 e. The number of nitrogens with zero attached hydrogens (tertiary/aromatic N) is 2. The Morgan fingerprint density at radius 2 is 1.68 bits per heavy atom. The first-order valence-electron chi connectivity index (χ1n) is 7.79. The van der Waals surface area contributed by atoms with E-state index in [0.29, 0.717) is 11.4 Å². The predicted molar refractivity (Wildman–Crippen MR) is 92.0 cm³/mol. The van der Waals surface area contributed by atoms with Gasteiger partial charge in [0.1, 0.15) is 0 Å². The summed E-state index contributed by atoms with van der Waals surface area (Å²) in [5.41, 5.74) is 1.10. The molecular formula is C15H21FN4O4S. The maximum atomic E-state index is 12.9. The van der Waals surface area contributed by atoms with E-state index in [9.17, 15) is 21.9 Å². The molecule has 1 fully saturated rings. The van der Waals surface area contributed by atoms with Crippen LogP contribution in [0.1, 0.15) is 13.8 Å². The van der Waals surface area contributed by atoms with Crippen LogP contribution in [0.2, 0.25) is 0 Å². The van der Waals surface area contributed by atoms with Gasteiger partial charge in [0.05, 0.1) is 6.04 Å². The lowest BCUT2D eigenvalue weighted by atomic mass is 10.2. The Balaban J connectivity index is 1.94. The Morgan fingerprint density at radius 1 is 1.12 bits per heavy atom. The maximum absolute atomic E-state index is 12.9. The lowest BCUT2D eigenvalue weighted by Crippen LogP contribution is -2.53. The van der Waals surface area contributed by atoms with Crippen LogP contribution < -0.4 is 10.6 Å². The SMILES string of the molecule is CC(=O)Nc1cccc(NC(=O)C(C)N2CCN(S(=O)(=O)F)CC2)c1. The van der Waals surface area contributed by atoms with E-state index in [0.717, 1.165) is 4.31 Å². The van der Waals surface area contributed by atoms with Gasteiger partial charge in [0.2, 0.25) is 11.8 Å².